The van der Waals surface area contributed by atoms with Crippen molar-refractivity contribution in [2.45, 2.75) is 69.3 Å². The number of anilines is 1. The Kier molecular flexibility index (Phi) is 7.43. The van der Waals surface area contributed by atoms with E-state index in [1.165, 1.54) is 0 Å². The van der Waals surface area contributed by atoms with Crippen LogP contribution in [0, 0.1) is 5.41 Å². The number of rotatable bonds is 8. The molecule has 0 unspecified atom stereocenters. The zero-order valence-electron chi connectivity index (χ0n) is 19.2. The van der Waals surface area contributed by atoms with E-state index in [9.17, 15) is 13.5 Å². The van der Waals surface area contributed by atoms with Crippen LogP contribution in [-0.4, -0.2) is 44.5 Å². The molecule has 2 heterocycles. The molecule has 6 heteroatoms. The van der Waals surface area contributed by atoms with Gasteiger partial charge in [0.25, 0.3) is 0 Å². The van der Waals surface area contributed by atoms with Crippen LogP contribution in [0.4, 0.5) is 5.69 Å². The third kappa shape index (κ3) is 4.80. The van der Waals surface area contributed by atoms with E-state index in [0.29, 0.717) is 23.3 Å². The fraction of sp³-hybridized carbons (Fsp3) is 0.560. The van der Waals surface area contributed by atoms with Gasteiger partial charge >= 0.3 is 0 Å². The standard InChI is InChI=1S/C25H36N2O3S/c1-5-7-13-25(14-8-6-2)18-31(29,30)22-10-9-20(27(3)4)17-21(22)23(24(25)28)19-11-15-26-16-12-19/h9-12,15-17,23-24,28H,5-8,13-14,18H2,1-4H3/t23-,24-/m1/s1. The molecule has 0 fully saturated rings. The van der Waals surface area contributed by atoms with Gasteiger partial charge in [0.15, 0.2) is 9.84 Å². The Hall–Kier alpha value is -1.92. The number of fused-ring (bicyclic) bond motifs is 1. The number of aliphatic hydroxyl groups is 1. The minimum absolute atomic E-state index is 0.00292. The molecule has 1 aliphatic heterocycles. The predicted molar refractivity (Wildman–Crippen MR) is 126 cm³/mol. The topological polar surface area (TPSA) is 70.5 Å². The summed E-state index contributed by atoms with van der Waals surface area (Å²) in [6.07, 6.45) is 7.81. The lowest BCUT2D eigenvalue weighted by molar-refractivity contribution is 0.0127. The minimum atomic E-state index is -3.56. The van der Waals surface area contributed by atoms with Gasteiger partial charge in [-0.1, -0.05) is 39.5 Å². The van der Waals surface area contributed by atoms with Crippen molar-refractivity contribution in [3.8, 4) is 0 Å². The van der Waals surface area contributed by atoms with Crippen LogP contribution in [0.1, 0.15) is 69.4 Å². The second-order valence-electron chi connectivity index (χ2n) is 9.15. The Morgan fingerprint density at radius 2 is 1.68 bits per heavy atom. The van der Waals surface area contributed by atoms with E-state index in [-0.39, 0.29) is 5.75 Å². The predicted octanol–water partition coefficient (Wildman–Crippen LogP) is 4.79. The highest BCUT2D eigenvalue weighted by atomic mass is 32.2. The van der Waals surface area contributed by atoms with Crippen LogP contribution in [-0.2, 0) is 9.84 Å². The first kappa shape index (κ1) is 23.7. The van der Waals surface area contributed by atoms with Crippen molar-refractivity contribution in [3.05, 3.63) is 53.9 Å². The van der Waals surface area contributed by atoms with E-state index in [1.807, 2.05) is 43.3 Å². The molecule has 3 rings (SSSR count). The van der Waals surface area contributed by atoms with Crippen LogP contribution >= 0.6 is 0 Å². The highest BCUT2D eigenvalue weighted by molar-refractivity contribution is 7.91. The number of pyridine rings is 1. The molecule has 0 saturated carbocycles. The monoisotopic (exact) mass is 444 g/mol. The molecular weight excluding hydrogens is 408 g/mol. The normalized spacial score (nSPS) is 21.8. The zero-order chi connectivity index (χ0) is 22.6. The summed E-state index contributed by atoms with van der Waals surface area (Å²) < 4.78 is 27.4. The SMILES string of the molecule is CCCCC1(CCCC)CS(=O)(=O)c2ccc(N(C)C)cc2[C@@H](c2ccncc2)[C@H]1O. The molecule has 0 spiro atoms. The van der Waals surface area contributed by atoms with Crippen LogP contribution in [0.5, 0.6) is 0 Å². The molecule has 1 aromatic heterocycles. The average molecular weight is 445 g/mol. The summed E-state index contributed by atoms with van der Waals surface area (Å²) in [6, 6.07) is 9.34. The van der Waals surface area contributed by atoms with Crippen molar-refractivity contribution in [1.82, 2.24) is 4.98 Å². The summed E-state index contributed by atoms with van der Waals surface area (Å²) in [5, 5.41) is 12.0. The molecule has 2 atom stereocenters. The molecule has 0 radical (unpaired) electrons. The molecule has 2 aromatic rings. The van der Waals surface area contributed by atoms with E-state index in [4.69, 9.17) is 0 Å². The Bertz CT molecular complexity index is 966. The van der Waals surface area contributed by atoms with Crippen LogP contribution in [0.25, 0.3) is 0 Å². The van der Waals surface area contributed by atoms with E-state index < -0.39 is 27.3 Å². The van der Waals surface area contributed by atoms with E-state index in [0.717, 1.165) is 36.9 Å². The number of sulfone groups is 1. The van der Waals surface area contributed by atoms with Crippen molar-refractivity contribution in [2.24, 2.45) is 5.41 Å². The number of aromatic nitrogens is 1. The summed E-state index contributed by atoms with van der Waals surface area (Å²) in [4.78, 5) is 6.47. The fourth-order valence-electron chi connectivity index (χ4n) is 4.96. The quantitative estimate of drug-likeness (QED) is 0.634. The second kappa shape index (κ2) is 9.70. The van der Waals surface area contributed by atoms with Crippen LogP contribution in [0.15, 0.2) is 47.6 Å². The van der Waals surface area contributed by atoms with Gasteiger partial charge in [0.05, 0.1) is 16.8 Å². The second-order valence-corrected chi connectivity index (χ2v) is 11.1. The molecule has 0 bridgehead atoms. The molecular formula is C25H36N2O3S. The first-order valence-electron chi connectivity index (χ1n) is 11.4. The molecule has 31 heavy (non-hydrogen) atoms. The molecule has 1 N–H and O–H groups in total. The van der Waals surface area contributed by atoms with Gasteiger partial charge in [0.1, 0.15) is 0 Å². The number of unbranched alkanes of at least 4 members (excludes halogenated alkanes) is 2. The summed E-state index contributed by atoms with van der Waals surface area (Å²) in [5.74, 6) is -0.416. The number of nitrogens with zero attached hydrogens (tertiary/aromatic N) is 2. The van der Waals surface area contributed by atoms with Crippen molar-refractivity contribution in [3.63, 3.8) is 0 Å². The summed E-state index contributed by atoms with van der Waals surface area (Å²) >= 11 is 0. The van der Waals surface area contributed by atoms with Gasteiger partial charge in [0, 0.05) is 43.5 Å². The maximum atomic E-state index is 13.7. The van der Waals surface area contributed by atoms with Crippen LogP contribution in [0.2, 0.25) is 0 Å². The molecule has 1 aromatic carbocycles. The van der Waals surface area contributed by atoms with Gasteiger partial charge in [-0.05, 0) is 54.3 Å². The molecule has 170 valence electrons. The summed E-state index contributed by atoms with van der Waals surface area (Å²) in [7, 11) is 0.327. The number of hydrogen-bond donors (Lipinski definition) is 1. The lowest BCUT2D eigenvalue weighted by atomic mass is 9.68. The van der Waals surface area contributed by atoms with Gasteiger partial charge in [-0.15, -0.1) is 0 Å². The average Bonchev–Trinajstić information content (AvgIpc) is 2.82. The zero-order valence-corrected chi connectivity index (χ0v) is 20.0. The van der Waals surface area contributed by atoms with Crippen molar-refractivity contribution >= 4 is 15.5 Å². The molecule has 0 aliphatic carbocycles. The Morgan fingerprint density at radius 3 is 2.23 bits per heavy atom. The Balaban J connectivity index is 2.29. The minimum Gasteiger partial charge on any atom is -0.392 e. The molecule has 1 aliphatic rings. The van der Waals surface area contributed by atoms with Gasteiger partial charge in [-0.25, -0.2) is 8.42 Å². The third-order valence-corrected chi connectivity index (χ3v) is 8.72. The Morgan fingerprint density at radius 1 is 1.06 bits per heavy atom. The fourth-order valence-corrected chi connectivity index (χ4v) is 7.15. The smallest absolute Gasteiger partial charge is 0.179 e. The van der Waals surface area contributed by atoms with Crippen LogP contribution in [0.3, 0.4) is 0 Å². The first-order chi connectivity index (χ1) is 14.8. The largest absolute Gasteiger partial charge is 0.392 e. The highest BCUT2D eigenvalue weighted by Crippen LogP contribution is 2.49. The van der Waals surface area contributed by atoms with Crippen molar-refractivity contribution in [1.29, 1.82) is 0 Å². The summed E-state index contributed by atoms with van der Waals surface area (Å²) in [5.41, 5.74) is 1.86. The van der Waals surface area contributed by atoms with E-state index in [1.54, 1.807) is 18.5 Å². The summed E-state index contributed by atoms with van der Waals surface area (Å²) in [6.45, 7) is 4.23. The maximum absolute atomic E-state index is 13.7. The Labute approximate surface area is 187 Å². The van der Waals surface area contributed by atoms with Crippen LogP contribution < -0.4 is 4.90 Å². The highest BCUT2D eigenvalue weighted by Gasteiger charge is 2.49. The van der Waals surface area contributed by atoms with Crippen molar-refractivity contribution in [2.75, 3.05) is 24.7 Å². The van der Waals surface area contributed by atoms with E-state index >= 15 is 0 Å². The number of hydrogen-bond acceptors (Lipinski definition) is 5. The van der Waals surface area contributed by atoms with Gasteiger partial charge in [0.2, 0.25) is 0 Å². The number of benzene rings is 1. The van der Waals surface area contributed by atoms with Gasteiger partial charge in [-0.2, -0.15) is 0 Å². The van der Waals surface area contributed by atoms with Crippen molar-refractivity contribution < 1.29 is 13.5 Å². The molecule has 0 amide bonds. The van der Waals surface area contributed by atoms with E-state index in [2.05, 4.69) is 18.8 Å². The number of aliphatic hydroxyl groups excluding tert-OH is 1. The van der Waals surface area contributed by atoms with Gasteiger partial charge < -0.3 is 10.0 Å². The lowest BCUT2D eigenvalue weighted by Crippen LogP contribution is -2.43. The third-order valence-electron chi connectivity index (χ3n) is 6.72. The molecule has 0 saturated heterocycles. The lowest BCUT2D eigenvalue weighted by Gasteiger charge is -2.40. The molecule has 5 nitrogen and oxygen atoms in total. The first-order valence-corrected chi connectivity index (χ1v) is 13.0. The maximum Gasteiger partial charge on any atom is 0.179 e. The van der Waals surface area contributed by atoms with Gasteiger partial charge in [-0.3, -0.25) is 4.98 Å².